The van der Waals surface area contributed by atoms with Gasteiger partial charge in [-0.05, 0) is 25.1 Å². The average molecular weight is 372 g/mol. The predicted molar refractivity (Wildman–Crippen MR) is 93.4 cm³/mol. The number of nitro groups is 1. The Bertz CT molecular complexity index is 724. The van der Waals surface area contributed by atoms with Crippen LogP contribution in [0, 0.1) is 10.1 Å². The number of hydrogen-bond donors (Lipinski definition) is 2. The van der Waals surface area contributed by atoms with E-state index < -0.39 is 4.92 Å². The number of hydrogen-bond acceptors (Lipinski definition) is 7. The van der Waals surface area contributed by atoms with Crippen molar-refractivity contribution in [2.45, 2.75) is 6.92 Å². The number of nitrogens with one attached hydrogen (secondary N) is 1. The van der Waals surface area contributed by atoms with Crippen molar-refractivity contribution in [1.29, 1.82) is 0 Å². The van der Waals surface area contributed by atoms with Crippen molar-refractivity contribution in [3.63, 3.8) is 0 Å². The molecule has 128 valence electrons. The topological polar surface area (TPSA) is 104 Å². The molecule has 1 heterocycles. The van der Waals surface area contributed by atoms with E-state index in [1.54, 1.807) is 23.1 Å². The normalized spacial score (nSPS) is 10.5. The molecule has 2 N–H and O–H groups in total. The minimum atomic E-state index is -0.566. The van der Waals surface area contributed by atoms with Crippen molar-refractivity contribution in [1.82, 2.24) is 9.97 Å². The first-order chi connectivity index (χ1) is 11.5. The largest absolute Gasteiger partial charge is 0.395 e. The molecule has 8 nitrogen and oxygen atoms in total. The van der Waals surface area contributed by atoms with E-state index in [2.05, 4.69) is 15.3 Å². The molecule has 2 rings (SSSR count). The molecule has 1 aromatic carbocycles. The van der Waals surface area contributed by atoms with Crippen molar-refractivity contribution in [2.75, 3.05) is 29.9 Å². The number of rotatable bonds is 7. The molecule has 10 heteroatoms. The molecular weight excluding hydrogens is 357 g/mol. The molecule has 0 aliphatic carbocycles. The number of nitrogens with zero attached hydrogens (tertiary/aromatic N) is 4. The summed E-state index contributed by atoms with van der Waals surface area (Å²) in [4.78, 5) is 20.5. The zero-order chi connectivity index (χ0) is 17.7. The van der Waals surface area contributed by atoms with Gasteiger partial charge >= 0.3 is 5.69 Å². The van der Waals surface area contributed by atoms with Crippen LogP contribution >= 0.6 is 23.2 Å². The molecule has 0 bridgehead atoms. The maximum Gasteiger partial charge on any atom is 0.353 e. The third-order valence-corrected chi connectivity index (χ3v) is 3.60. The van der Waals surface area contributed by atoms with E-state index in [9.17, 15) is 10.1 Å². The average Bonchev–Trinajstić information content (AvgIpc) is 2.51. The van der Waals surface area contributed by atoms with Crippen LogP contribution in [0.2, 0.25) is 10.0 Å². The molecular formula is C14H15Cl2N5O3. The van der Waals surface area contributed by atoms with Gasteiger partial charge < -0.3 is 15.3 Å². The molecule has 0 aliphatic rings. The smallest absolute Gasteiger partial charge is 0.353 e. The van der Waals surface area contributed by atoms with Crippen LogP contribution in [0.5, 0.6) is 0 Å². The lowest BCUT2D eigenvalue weighted by Gasteiger charge is -2.21. The van der Waals surface area contributed by atoms with E-state index in [1.165, 1.54) is 6.33 Å². The zero-order valence-corrected chi connectivity index (χ0v) is 14.3. The van der Waals surface area contributed by atoms with Crippen LogP contribution in [0.25, 0.3) is 0 Å². The fourth-order valence-electron chi connectivity index (χ4n) is 2.16. The number of aliphatic hydroxyl groups is 1. The molecule has 0 atom stereocenters. The standard InChI is InChI=1S/C14H15Cl2N5O3/c1-2-20(3-4-22)14-12(21(23)24)13(17-8-18-14)19-11-6-9(15)5-10(16)7-11/h5-8,22H,2-4H2,1H3,(H,17,18,19). The van der Waals surface area contributed by atoms with Gasteiger partial charge in [0, 0.05) is 28.8 Å². The van der Waals surface area contributed by atoms with Gasteiger partial charge in [-0.3, -0.25) is 10.1 Å². The minimum absolute atomic E-state index is 0.0136. The van der Waals surface area contributed by atoms with Gasteiger partial charge in [-0.15, -0.1) is 0 Å². The minimum Gasteiger partial charge on any atom is -0.395 e. The Morgan fingerprint density at radius 2 is 1.96 bits per heavy atom. The number of halogens is 2. The molecule has 0 aliphatic heterocycles. The van der Waals surface area contributed by atoms with Crippen LogP contribution in [-0.4, -0.2) is 39.7 Å². The second-order valence-corrected chi connectivity index (χ2v) is 5.61. The summed E-state index contributed by atoms with van der Waals surface area (Å²) in [6.45, 7) is 2.32. The first-order valence-corrected chi connectivity index (χ1v) is 7.80. The Labute approximate surface area is 148 Å². The van der Waals surface area contributed by atoms with Gasteiger partial charge in [0.2, 0.25) is 11.6 Å². The molecule has 24 heavy (non-hydrogen) atoms. The van der Waals surface area contributed by atoms with Crippen LogP contribution in [0.4, 0.5) is 23.0 Å². The molecule has 2 aromatic rings. The van der Waals surface area contributed by atoms with Gasteiger partial charge in [-0.25, -0.2) is 9.97 Å². The Hall–Kier alpha value is -2.16. The van der Waals surface area contributed by atoms with E-state index in [1.807, 2.05) is 6.92 Å². The molecule has 0 fully saturated rings. The maximum absolute atomic E-state index is 11.5. The molecule has 0 saturated carbocycles. The summed E-state index contributed by atoms with van der Waals surface area (Å²) in [6, 6.07) is 4.70. The highest BCUT2D eigenvalue weighted by Gasteiger charge is 2.26. The Morgan fingerprint density at radius 1 is 1.29 bits per heavy atom. The third kappa shape index (κ3) is 4.22. The van der Waals surface area contributed by atoms with Gasteiger partial charge in [0.05, 0.1) is 11.5 Å². The zero-order valence-electron chi connectivity index (χ0n) is 12.7. The first-order valence-electron chi connectivity index (χ1n) is 7.04. The van der Waals surface area contributed by atoms with Crippen molar-refractivity contribution in [3.05, 3.63) is 44.7 Å². The van der Waals surface area contributed by atoms with Gasteiger partial charge in [0.1, 0.15) is 6.33 Å². The van der Waals surface area contributed by atoms with Crippen LogP contribution in [0.3, 0.4) is 0 Å². The van der Waals surface area contributed by atoms with Crippen molar-refractivity contribution >= 4 is 46.2 Å². The van der Waals surface area contributed by atoms with Crippen LogP contribution in [-0.2, 0) is 0 Å². The van der Waals surface area contributed by atoms with E-state index in [0.717, 1.165) is 0 Å². The number of aliphatic hydroxyl groups excluding tert-OH is 1. The summed E-state index contributed by atoms with van der Waals surface area (Å²) in [5.74, 6) is 0.141. The third-order valence-electron chi connectivity index (χ3n) is 3.16. The van der Waals surface area contributed by atoms with Crippen molar-refractivity contribution in [2.24, 2.45) is 0 Å². The second kappa shape index (κ2) is 8.09. The van der Waals surface area contributed by atoms with Gasteiger partial charge in [-0.1, -0.05) is 23.2 Å². The molecule has 0 saturated heterocycles. The second-order valence-electron chi connectivity index (χ2n) is 4.74. The van der Waals surface area contributed by atoms with Crippen LogP contribution in [0.1, 0.15) is 6.92 Å². The van der Waals surface area contributed by atoms with Crippen LogP contribution < -0.4 is 10.2 Å². The lowest BCUT2D eigenvalue weighted by atomic mass is 10.3. The van der Waals surface area contributed by atoms with E-state index >= 15 is 0 Å². The molecule has 1 aromatic heterocycles. The van der Waals surface area contributed by atoms with Gasteiger partial charge in [-0.2, -0.15) is 0 Å². The highest BCUT2D eigenvalue weighted by atomic mass is 35.5. The Kier molecular flexibility index (Phi) is 6.13. The summed E-state index contributed by atoms with van der Waals surface area (Å²) >= 11 is 11.9. The molecule has 0 spiro atoms. The van der Waals surface area contributed by atoms with Gasteiger partial charge in [0.25, 0.3) is 0 Å². The highest BCUT2D eigenvalue weighted by Crippen LogP contribution is 2.34. The Balaban J connectivity index is 2.48. The first kappa shape index (κ1) is 18.2. The van der Waals surface area contributed by atoms with Gasteiger partial charge in [0.15, 0.2) is 0 Å². The Morgan fingerprint density at radius 3 is 2.50 bits per heavy atom. The summed E-state index contributed by atoms with van der Waals surface area (Å²) in [6.07, 6.45) is 1.22. The number of benzene rings is 1. The van der Waals surface area contributed by atoms with Crippen molar-refractivity contribution in [3.8, 4) is 0 Å². The SMILES string of the molecule is CCN(CCO)c1ncnc(Nc2cc(Cl)cc(Cl)c2)c1[N+](=O)[O-]. The maximum atomic E-state index is 11.5. The number of aromatic nitrogens is 2. The molecule has 0 radical (unpaired) electrons. The van der Waals surface area contributed by atoms with E-state index in [-0.39, 0.29) is 30.5 Å². The summed E-state index contributed by atoms with van der Waals surface area (Å²) in [5.41, 5.74) is 0.175. The lowest BCUT2D eigenvalue weighted by Crippen LogP contribution is -2.28. The van der Waals surface area contributed by atoms with E-state index in [4.69, 9.17) is 28.3 Å². The fourth-order valence-corrected chi connectivity index (χ4v) is 2.68. The quantitative estimate of drug-likeness (QED) is 0.568. The monoisotopic (exact) mass is 371 g/mol. The summed E-state index contributed by atoms with van der Waals surface area (Å²) < 4.78 is 0. The fraction of sp³-hybridized carbons (Fsp3) is 0.286. The predicted octanol–water partition coefficient (Wildman–Crippen LogP) is 3.25. The van der Waals surface area contributed by atoms with Crippen molar-refractivity contribution < 1.29 is 10.0 Å². The summed E-state index contributed by atoms with van der Waals surface area (Å²) in [5, 5.41) is 24.3. The number of likely N-dealkylation sites (N-methyl/N-ethyl adjacent to an activating group) is 1. The lowest BCUT2D eigenvalue weighted by molar-refractivity contribution is -0.383. The van der Waals surface area contributed by atoms with Crippen LogP contribution in [0.15, 0.2) is 24.5 Å². The van der Waals surface area contributed by atoms with E-state index in [0.29, 0.717) is 22.3 Å². The number of anilines is 3. The highest BCUT2D eigenvalue weighted by molar-refractivity contribution is 6.35. The molecule has 0 amide bonds. The summed E-state index contributed by atoms with van der Waals surface area (Å²) in [7, 11) is 0. The molecule has 0 unspecified atom stereocenters.